The maximum Gasteiger partial charge on any atom is 0.306 e. The first-order valence-corrected chi connectivity index (χ1v) is 12.0. The number of carboxylic acids is 1. The van der Waals surface area contributed by atoms with Gasteiger partial charge in [-0.05, 0) is 26.7 Å². The van der Waals surface area contributed by atoms with Crippen LogP contribution in [0.15, 0.2) is 0 Å². The van der Waals surface area contributed by atoms with Gasteiger partial charge >= 0.3 is 5.97 Å². The van der Waals surface area contributed by atoms with E-state index in [-0.39, 0.29) is 12.2 Å². The van der Waals surface area contributed by atoms with E-state index in [1.165, 1.54) is 13.8 Å². The molecule has 1 aliphatic heterocycles. The topological polar surface area (TPSA) is 200 Å². The number of carbonyl (C=O) groups excluding carboxylic acids is 2. The van der Waals surface area contributed by atoms with Gasteiger partial charge in [0.25, 0.3) is 0 Å². The predicted molar refractivity (Wildman–Crippen MR) is 123 cm³/mol. The zero-order chi connectivity index (χ0) is 26.1. The summed E-state index contributed by atoms with van der Waals surface area (Å²) in [7, 11) is 0. The van der Waals surface area contributed by atoms with Gasteiger partial charge in [-0.25, -0.2) is 0 Å². The fourth-order valence-corrected chi connectivity index (χ4v) is 4.07. The van der Waals surface area contributed by atoms with E-state index in [4.69, 9.17) is 15.6 Å². The quantitative estimate of drug-likeness (QED) is 0.146. The number of hydrogen-bond donors (Lipinski definition) is 7. The van der Waals surface area contributed by atoms with Crippen LogP contribution in [-0.4, -0.2) is 91.9 Å². The summed E-state index contributed by atoms with van der Waals surface area (Å²) in [5, 5.41) is 50.9. The van der Waals surface area contributed by atoms with Crippen LogP contribution in [0, 0.1) is 5.92 Å². The van der Waals surface area contributed by atoms with Gasteiger partial charge in [-0.3, -0.25) is 14.4 Å². The minimum atomic E-state index is -1.39. The van der Waals surface area contributed by atoms with Crippen LogP contribution in [0.25, 0.3) is 0 Å². The number of carboxylic acid groups (broad SMARTS) is 1. The lowest BCUT2D eigenvalue weighted by atomic mass is 9.82. The average Bonchev–Trinajstić information content (AvgIpc) is 2.79. The van der Waals surface area contributed by atoms with Crippen molar-refractivity contribution in [1.29, 1.82) is 0 Å². The molecule has 1 rings (SSSR count). The highest BCUT2D eigenvalue weighted by Crippen LogP contribution is 2.34. The molecule has 0 bridgehead atoms. The van der Waals surface area contributed by atoms with Gasteiger partial charge in [0.15, 0.2) is 5.78 Å². The van der Waals surface area contributed by atoms with Crippen molar-refractivity contribution < 1.29 is 44.7 Å². The molecule has 1 saturated heterocycles. The number of nitrogens with one attached hydrogen (secondary N) is 1. The molecule has 11 heteroatoms. The van der Waals surface area contributed by atoms with E-state index >= 15 is 0 Å². The van der Waals surface area contributed by atoms with Gasteiger partial charge in [0, 0.05) is 6.42 Å². The van der Waals surface area contributed by atoms with Gasteiger partial charge in [-0.2, -0.15) is 0 Å². The monoisotopic (exact) mass is 490 g/mol. The fourth-order valence-electron chi connectivity index (χ4n) is 4.07. The number of unbranched alkanes of at least 4 members (excludes halogenated alkanes) is 4. The fraction of sp³-hybridized carbons (Fsp3) is 0.870. The summed E-state index contributed by atoms with van der Waals surface area (Å²) in [5.41, 5.74) is 4.84. The SMILES string of the molecule is C[C@H](CC(=O)[C@H](C)NC(=O)[C@@H](N)CCCCCCC[C@]1(C)O[C@H](CO)[C@H](O)[C@H](O)[C@H]1O)C(=O)O. The van der Waals surface area contributed by atoms with Crippen LogP contribution in [-0.2, 0) is 19.1 Å². The molecule has 8 atom stereocenters. The molecule has 0 spiro atoms. The molecule has 0 aromatic rings. The van der Waals surface area contributed by atoms with E-state index in [9.17, 15) is 34.8 Å². The zero-order valence-corrected chi connectivity index (χ0v) is 20.4. The van der Waals surface area contributed by atoms with Crippen molar-refractivity contribution in [2.75, 3.05) is 6.61 Å². The summed E-state index contributed by atoms with van der Waals surface area (Å²) in [5.74, 6) is -2.68. The third-order valence-electron chi connectivity index (χ3n) is 6.58. The molecule has 1 heterocycles. The number of aliphatic hydroxyl groups is 4. The van der Waals surface area contributed by atoms with Crippen molar-refractivity contribution in [2.45, 2.75) is 114 Å². The number of ether oxygens (including phenoxy) is 1. The molecule has 0 radical (unpaired) electrons. The maximum atomic E-state index is 12.2. The molecule has 0 aromatic heterocycles. The third kappa shape index (κ3) is 8.86. The second-order valence-electron chi connectivity index (χ2n) is 9.63. The van der Waals surface area contributed by atoms with Gasteiger partial charge in [-0.15, -0.1) is 0 Å². The molecule has 0 aliphatic carbocycles. The van der Waals surface area contributed by atoms with Crippen LogP contribution in [0.2, 0.25) is 0 Å². The smallest absolute Gasteiger partial charge is 0.306 e. The summed E-state index contributed by atoms with van der Waals surface area (Å²) in [6, 6.07) is -1.57. The van der Waals surface area contributed by atoms with E-state index in [0.29, 0.717) is 25.7 Å². The Labute approximate surface area is 200 Å². The number of aliphatic hydroxyl groups excluding tert-OH is 4. The van der Waals surface area contributed by atoms with Crippen molar-refractivity contribution in [3.05, 3.63) is 0 Å². The number of ketones is 1. The Bertz CT molecular complexity index is 675. The van der Waals surface area contributed by atoms with Crippen molar-refractivity contribution in [3.63, 3.8) is 0 Å². The molecule has 198 valence electrons. The highest BCUT2D eigenvalue weighted by Gasteiger charge is 2.49. The molecular formula is C23H42N2O9. The predicted octanol–water partition coefficient (Wildman–Crippen LogP) is -0.538. The average molecular weight is 491 g/mol. The van der Waals surface area contributed by atoms with Crippen LogP contribution in [0.5, 0.6) is 0 Å². The second kappa shape index (κ2) is 14.1. The molecule has 0 unspecified atom stereocenters. The molecule has 1 fully saturated rings. The third-order valence-corrected chi connectivity index (χ3v) is 6.58. The van der Waals surface area contributed by atoms with Crippen LogP contribution >= 0.6 is 0 Å². The summed E-state index contributed by atoms with van der Waals surface area (Å²) >= 11 is 0. The molecule has 8 N–H and O–H groups in total. The summed E-state index contributed by atoms with van der Waals surface area (Å²) in [4.78, 5) is 35.1. The van der Waals surface area contributed by atoms with E-state index < -0.39 is 66.5 Å². The standard InChI is InChI=1S/C23H42N2O9/c1-13(22(32)33)11-16(27)14(2)25-21(31)15(24)9-7-5-4-6-8-10-23(3)20(30)19(29)18(28)17(12-26)34-23/h13-15,17-20,26,28-30H,4-12,24H2,1-3H3,(H,25,31)(H,32,33)/t13-,14+,15+,17-,18+,19+,20-,23+/m1/s1. The van der Waals surface area contributed by atoms with Gasteiger partial charge in [0.05, 0.1) is 30.2 Å². The van der Waals surface area contributed by atoms with Crippen LogP contribution in [0.1, 0.15) is 72.1 Å². The first kappa shape index (κ1) is 30.4. The zero-order valence-electron chi connectivity index (χ0n) is 20.4. The number of amides is 1. The maximum absolute atomic E-state index is 12.2. The number of rotatable bonds is 15. The number of carbonyl (C=O) groups is 3. The molecule has 34 heavy (non-hydrogen) atoms. The van der Waals surface area contributed by atoms with Crippen LogP contribution in [0.3, 0.4) is 0 Å². The Hall–Kier alpha value is -1.63. The number of nitrogens with two attached hydrogens (primary N) is 1. The van der Waals surface area contributed by atoms with Crippen molar-refractivity contribution in [1.82, 2.24) is 5.32 Å². The Kier molecular flexibility index (Phi) is 12.6. The van der Waals surface area contributed by atoms with Crippen molar-refractivity contribution >= 4 is 17.7 Å². The lowest BCUT2D eigenvalue weighted by Crippen LogP contribution is -2.63. The lowest BCUT2D eigenvalue weighted by molar-refractivity contribution is -0.270. The molecule has 11 nitrogen and oxygen atoms in total. The van der Waals surface area contributed by atoms with Gasteiger partial charge < -0.3 is 41.3 Å². The molecular weight excluding hydrogens is 448 g/mol. The van der Waals surface area contributed by atoms with Gasteiger partial charge in [-0.1, -0.05) is 39.0 Å². The van der Waals surface area contributed by atoms with Crippen LogP contribution < -0.4 is 11.1 Å². The van der Waals surface area contributed by atoms with Crippen molar-refractivity contribution in [3.8, 4) is 0 Å². The highest BCUT2D eigenvalue weighted by molar-refractivity contribution is 5.92. The Balaban J connectivity index is 2.27. The lowest BCUT2D eigenvalue weighted by Gasteiger charge is -2.47. The minimum absolute atomic E-state index is 0.159. The van der Waals surface area contributed by atoms with E-state index in [1.54, 1.807) is 6.92 Å². The second-order valence-corrected chi connectivity index (χ2v) is 9.63. The van der Waals surface area contributed by atoms with Crippen molar-refractivity contribution in [2.24, 2.45) is 11.7 Å². The molecule has 0 saturated carbocycles. The largest absolute Gasteiger partial charge is 0.481 e. The summed E-state index contributed by atoms with van der Waals surface area (Å²) in [6.45, 7) is 4.14. The van der Waals surface area contributed by atoms with E-state index in [0.717, 1.165) is 19.3 Å². The Morgan fingerprint density at radius 3 is 2.21 bits per heavy atom. The molecule has 1 amide bonds. The normalized spacial score (nSPS) is 29.8. The molecule has 0 aromatic carbocycles. The first-order valence-electron chi connectivity index (χ1n) is 12.0. The van der Waals surface area contributed by atoms with E-state index in [2.05, 4.69) is 5.32 Å². The number of Topliss-reactive ketones (excluding diaryl/α,β-unsaturated/α-hetero) is 1. The van der Waals surface area contributed by atoms with Gasteiger partial charge in [0.1, 0.15) is 24.4 Å². The minimum Gasteiger partial charge on any atom is -0.481 e. The molecule has 1 aliphatic rings. The highest BCUT2D eigenvalue weighted by atomic mass is 16.6. The summed E-state index contributed by atoms with van der Waals surface area (Å²) in [6.07, 6.45) is -0.289. The van der Waals surface area contributed by atoms with Crippen LogP contribution in [0.4, 0.5) is 0 Å². The number of hydrogen-bond acceptors (Lipinski definition) is 9. The number of aliphatic carboxylic acids is 1. The first-order chi connectivity index (χ1) is 15.8. The van der Waals surface area contributed by atoms with Gasteiger partial charge in [0.2, 0.25) is 5.91 Å². The van der Waals surface area contributed by atoms with E-state index in [1.807, 2.05) is 0 Å². The summed E-state index contributed by atoms with van der Waals surface area (Å²) < 4.78 is 5.66. The Morgan fingerprint density at radius 1 is 1.03 bits per heavy atom. The Morgan fingerprint density at radius 2 is 1.62 bits per heavy atom.